The van der Waals surface area contributed by atoms with Crippen molar-refractivity contribution in [3.63, 3.8) is 0 Å². The molecule has 2 aromatic rings. The van der Waals surface area contributed by atoms with Crippen LogP contribution in [0.2, 0.25) is 0 Å². The van der Waals surface area contributed by atoms with Gasteiger partial charge in [-0.3, -0.25) is 0 Å². The predicted octanol–water partition coefficient (Wildman–Crippen LogP) is 3.15. The van der Waals surface area contributed by atoms with Crippen LogP contribution in [-0.4, -0.2) is 13.7 Å². The summed E-state index contributed by atoms with van der Waals surface area (Å²) in [6, 6.07) is 11.0. The highest BCUT2D eigenvalue weighted by molar-refractivity contribution is 5.75. The SMILES string of the molecule is CNCc1ccc(F)cc1-c1cccc2c1OCC2. The molecule has 0 aromatic heterocycles. The summed E-state index contributed by atoms with van der Waals surface area (Å²) in [5.74, 6) is 0.691. The maximum absolute atomic E-state index is 13.6. The number of benzene rings is 2. The molecule has 2 aromatic carbocycles. The lowest BCUT2D eigenvalue weighted by Crippen LogP contribution is -2.06. The summed E-state index contributed by atoms with van der Waals surface area (Å²) >= 11 is 0. The van der Waals surface area contributed by atoms with E-state index in [9.17, 15) is 4.39 Å². The second-order valence-electron chi connectivity index (χ2n) is 4.72. The van der Waals surface area contributed by atoms with Gasteiger partial charge in [-0.15, -0.1) is 0 Å². The van der Waals surface area contributed by atoms with Crippen molar-refractivity contribution in [2.45, 2.75) is 13.0 Å². The Morgan fingerprint density at radius 1 is 1.21 bits per heavy atom. The molecule has 0 radical (unpaired) electrons. The second kappa shape index (κ2) is 5.02. The molecular weight excluding hydrogens is 241 g/mol. The zero-order chi connectivity index (χ0) is 13.2. The van der Waals surface area contributed by atoms with Gasteiger partial charge in [0.2, 0.25) is 0 Å². The first-order chi connectivity index (χ1) is 9.29. The molecule has 0 atom stereocenters. The molecule has 0 saturated carbocycles. The zero-order valence-corrected chi connectivity index (χ0v) is 10.9. The summed E-state index contributed by atoms with van der Waals surface area (Å²) in [5.41, 5.74) is 4.18. The normalized spacial score (nSPS) is 13.2. The van der Waals surface area contributed by atoms with Gasteiger partial charge < -0.3 is 10.1 Å². The van der Waals surface area contributed by atoms with Crippen LogP contribution in [-0.2, 0) is 13.0 Å². The van der Waals surface area contributed by atoms with Crippen LogP contribution in [0.25, 0.3) is 11.1 Å². The standard InChI is InChI=1S/C16H16FNO/c1-18-10-12-5-6-13(17)9-15(12)14-4-2-3-11-7-8-19-16(11)14/h2-6,9,18H,7-8,10H2,1H3. The number of ether oxygens (including phenoxy) is 1. The van der Waals surface area contributed by atoms with Crippen LogP contribution in [0.15, 0.2) is 36.4 Å². The Morgan fingerprint density at radius 2 is 2.11 bits per heavy atom. The van der Waals surface area contributed by atoms with Gasteiger partial charge in [-0.05, 0) is 35.9 Å². The van der Waals surface area contributed by atoms with Crippen molar-refractivity contribution < 1.29 is 9.13 Å². The highest BCUT2D eigenvalue weighted by atomic mass is 19.1. The molecule has 0 unspecified atom stereocenters. The number of hydrogen-bond donors (Lipinski definition) is 1. The molecule has 0 saturated heterocycles. The van der Waals surface area contributed by atoms with E-state index in [0.29, 0.717) is 13.2 Å². The van der Waals surface area contributed by atoms with E-state index in [2.05, 4.69) is 11.4 Å². The molecule has 1 heterocycles. The maximum atomic E-state index is 13.6. The Hall–Kier alpha value is -1.87. The predicted molar refractivity (Wildman–Crippen MR) is 73.8 cm³/mol. The van der Waals surface area contributed by atoms with Crippen LogP contribution in [0.3, 0.4) is 0 Å². The molecule has 0 fully saturated rings. The number of rotatable bonds is 3. The Labute approximate surface area is 112 Å². The number of hydrogen-bond acceptors (Lipinski definition) is 2. The molecule has 1 aliphatic heterocycles. The molecule has 1 aliphatic rings. The molecule has 0 bridgehead atoms. The van der Waals surface area contributed by atoms with E-state index in [4.69, 9.17) is 4.74 Å². The van der Waals surface area contributed by atoms with Crippen molar-refractivity contribution >= 4 is 0 Å². The first-order valence-corrected chi connectivity index (χ1v) is 6.47. The molecule has 19 heavy (non-hydrogen) atoms. The van der Waals surface area contributed by atoms with Gasteiger partial charge in [0.15, 0.2) is 0 Å². The van der Waals surface area contributed by atoms with Crippen LogP contribution in [0.1, 0.15) is 11.1 Å². The Kier molecular flexibility index (Phi) is 3.22. The fourth-order valence-corrected chi connectivity index (χ4v) is 2.57. The fourth-order valence-electron chi connectivity index (χ4n) is 2.57. The summed E-state index contributed by atoms with van der Waals surface area (Å²) < 4.78 is 19.3. The number of halogens is 1. The second-order valence-corrected chi connectivity index (χ2v) is 4.72. The van der Waals surface area contributed by atoms with Gasteiger partial charge in [0, 0.05) is 18.5 Å². The Balaban J connectivity index is 2.16. The topological polar surface area (TPSA) is 21.3 Å². The van der Waals surface area contributed by atoms with Gasteiger partial charge in [-0.2, -0.15) is 0 Å². The minimum Gasteiger partial charge on any atom is -0.492 e. The van der Waals surface area contributed by atoms with E-state index >= 15 is 0 Å². The van der Waals surface area contributed by atoms with E-state index in [-0.39, 0.29) is 5.82 Å². The smallest absolute Gasteiger partial charge is 0.130 e. The molecule has 0 aliphatic carbocycles. The third kappa shape index (κ3) is 2.22. The van der Waals surface area contributed by atoms with Gasteiger partial charge in [0.25, 0.3) is 0 Å². The van der Waals surface area contributed by atoms with E-state index < -0.39 is 0 Å². The summed E-state index contributed by atoms with van der Waals surface area (Å²) in [6.07, 6.45) is 0.930. The summed E-state index contributed by atoms with van der Waals surface area (Å²) in [7, 11) is 1.89. The van der Waals surface area contributed by atoms with Gasteiger partial charge in [0.1, 0.15) is 11.6 Å². The van der Waals surface area contributed by atoms with Crippen molar-refractivity contribution in [1.29, 1.82) is 0 Å². The summed E-state index contributed by atoms with van der Waals surface area (Å²) in [4.78, 5) is 0. The van der Waals surface area contributed by atoms with E-state index in [1.54, 1.807) is 6.07 Å². The van der Waals surface area contributed by atoms with Gasteiger partial charge >= 0.3 is 0 Å². The van der Waals surface area contributed by atoms with Crippen LogP contribution < -0.4 is 10.1 Å². The third-order valence-electron chi connectivity index (χ3n) is 3.44. The van der Waals surface area contributed by atoms with Gasteiger partial charge in [0.05, 0.1) is 6.61 Å². The van der Waals surface area contributed by atoms with Crippen molar-refractivity contribution in [2.24, 2.45) is 0 Å². The van der Waals surface area contributed by atoms with E-state index in [1.165, 1.54) is 11.6 Å². The van der Waals surface area contributed by atoms with Crippen molar-refractivity contribution in [3.8, 4) is 16.9 Å². The molecule has 2 nitrogen and oxygen atoms in total. The molecule has 0 spiro atoms. The molecule has 0 amide bonds. The molecule has 3 rings (SSSR count). The number of nitrogens with one attached hydrogen (secondary N) is 1. The van der Waals surface area contributed by atoms with Crippen LogP contribution >= 0.6 is 0 Å². The first-order valence-electron chi connectivity index (χ1n) is 6.47. The number of para-hydroxylation sites is 1. The van der Waals surface area contributed by atoms with E-state index in [1.807, 2.05) is 25.2 Å². The average Bonchev–Trinajstić information content (AvgIpc) is 2.89. The molecule has 1 N–H and O–H groups in total. The lowest BCUT2D eigenvalue weighted by molar-refractivity contribution is 0.358. The zero-order valence-electron chi connectivity index (χ0n) is 10.9. The van der Waals surface area contributed by atoms with Crippen molar-refractivity contribution in [1.82, 2.24) is 5.32 Å². The fraction of sp³-hybridized carbons (Fsp3) is 0.250. The Bertz CT molecular complexity index is 610. The largest absolute Gasteiger partial charge is 0.492 e. The highest BCUT2D eigenvalue weighted by Crippen LogP contribution is 2.38. The summed E-state index contributed by atoms with van der Waals surface area (Å²) in [5, 5.41) is 3.12. The van der Waals surface area contributed by atoms with Crippen molar-refractivity contribution in [3.05, 3.63) is 53.3 Å². The third-order valence-corrected chi connectivity index (χ3v) is 3.44. The van der Waals surface area contributed by atoms with Crippen LogP contribution in [0.5, 0.6) is 5.75 Å². The van der Waals surface area contributed by atoms with Crippen molar-refractivity contribution in [2.75, 3.05) is 13.7 Å². The minimum absolute atomic E-state index is 0.217. The van der Waals surface area contributed by atoms with Crippen LogP contribution in [0.4, 0.5) is 4.39 Å². The average molecular weight is 257 g/mol. The molecule has 98 valence electrons. The van der Waals surface area contributed by atoms with Crippen LogP contribution in [0, 0.1) is 5.82 Å². The van der Waals surface area contributed by atoms with E-state index in [0.717, 1.165) is 28.9 Å². The number of fused-ring (bicyclic) bond motifs is 1. The maximum Gasteiger partial charge on any atom is 0.130 e. The first kappa shape index (κ1) is 12.2. The van der Waals surface area contributed by atoms with Gasteiger partial charge in [-0.25, -0.2) is 4.39 Å². The summed E-state index contributed by atoms with van der Waals surface area (Å²) in [6.45, 7) is 1.42. The van der Waals surface area contributed by atoms with Gasteiger partial charge in [-0.1, -0.05) is 24.3 Å². The quantitative estimate of drug-likeness (QED) is 0.912. The highest BCUT2D eigenvalue weighted by Gasteiger charge is 2.18. The lowest BCUT2D eigenvalue weighted by atomic mass is 9.96. The molecular formula is C16H16FNO. The lowest BCUT2D eigenvalue weighted by Gasteiger charge is -2.13. The monoisotopic (exact) mass is 257 g/mol. The minimum atomic E-state index is -0.217. The Morgan fingerprint density at radius 3 is 2.95 bits per heavy atom. The molecule has 3 heteroatoms.